The van der Waals surface area contributed by atoms with Crippen molar-refractivity contribution in [2.75, 3.05) is 37.6 Å². The van der Waals surface area contributed by atoms with Crippen LogP contribution in [0.2, 0.25) is 0 Å². The second-order valence-electron chi connectivity index (χ2n) is 6.96. The highest BCUT2D eigenvalue weighted by Gasteiger charge is 2.33. The minimum atomic E-state index is -0.247. The molecule has 1 fully saturated rings. The van der Waals surface area contributed by atoms with Crippen molar-refractivity contribution >= 4 is 11.6 Å². The van der Waals surface area contributed by atoms with E-state index in [-0.39, 0.29) is 11.9 Å². The Balaban J connectivity index is 1.44. The van der Waals surface area contributed by atoms with Crippen molar-refractivity contribution in [2.24, 2.45) is 7.05 Å². The van der Waals surface area contributed by atoms with Crippen LogP contribution in [0.4, 0.5) is 5.69 Å². The first-order chi connectivity index (χ1) is 12.1. The Labute approximate surface area is 148 Å². The summed E-state index contributed by atoms with van der Waals surface area (Å²) >= 11 is 0. The molecule has 3 heterocycles. The van der Waals surface area contributed by atoms with Gasteiger partial charge in [0.15, 0.2) is 0 Å². The zero-order valence-corrected chi connectivity index (χ0v) is 14.9. The van der Waals surface area contributed by atoms with Gasteiger partial charge in [0.2, 0.25) is 5.91 Å². The molecule has 1 aromatic heterocycles. The van der Waals surface area contributed by atoms with Gasteiger partial charge in [0.05, 0.1) is 6.20 Å². The van der Waals surface area contributed by atoms with Crippen LogP contribution < -0.4 is 10.2 Å². The third kappa shape index (κ3) is 3.02. The van der Waals surface area contributed by atoms with Crippen molar-refractivity contribution < 1.29 is 4.79 Å². The molecule has 6 nitrogen and oxygen atoms in total. The summed E-state index contributed by atoms with van der Waals surface area (Å²) in [5, 5.41) is 7.71. The van der Waals surface area contributed by atoms with Crippen LogP contribution in [0.15, 0.2) is 30.5 Å². The Morgan fingerprint density at radius 2 is 2.04 bits per heavy atom. The molecule has 0 bridgehead atoms. The lowest BCUT2D eigenvalue weighted by atomic mass is 10.00. The molecule has 132 valence electrons. The lowest BCUT2D eigenvalue weighted by Gasteiger charge is -2.38. The predicted octanol–water partition coefficient (Wildman–Crippen LogP) is 1.26. The Bertz CT molecular complexity index is 776. The first-order valence-corrected chi connectivity index (χ1v) is 8.98. The molecule has 0 spiro atoms. The van der Waals surface area contributed by atoms with Crippen LogP contribution in [0.5, 0.6) is 0 Å². The number of aromatic nitrogens is 2. The Morgan fingerprint density at radius 3 is 2.80 bits per heavy atom. The number of hydrogen-bond donors (Lipinski definition) is 1. The van der Waals surface area contributed by atoms with Gasteiger partial charge < -0.3 is 15.1 Å². The number of nitrogens with one attached hydrogen (secondary N) is 1. The molecule has 4 rings (SSSR count). The second kappa shape index (κ2) is 6.52. The number of rotatable bonds is 2. The molecule has 1 saturated heterocycles. The minimum Gasteiger partial charge on any atom is -0.368 e. The summed E-state index contributed by atoms with van der Waals surface area (Å²) in [6.07, 6.45) is 2.77. The maximum absolute atomic E-state index is 13.0. The van der Waals surface area contributed by atoms with Crippen LogP contribution >= 0.6 is 0 Å². The molecule has 1 N–H and O–H groups in total. The number of carbonyl (C=O) groups excluding carboxylic acids is 1. The van der Waals surface area contributed by atoms with E-state index in [2.05, 4.69) is 46.5 Å². The molecule has 2 aromatic rings. The van der Waals surface area contributed by atoms with Gasteiger partial charge >= 0.3 is 0 Å². The normalized spacial score (nSPS) is 20.5. The summed E-state index contributed by atoms with van der Waals surface area (Å²) in [6.45, 7) is 6.22. The molecule has 1 aromatic carbocycles. The average molecular weight is 339 g/mol. The highest BCUT2D eigenvalue weighted by molar-refractivity contribution is 5.84. The van der Waals surface area contributed by atoms with Gasteiger partial charge in [-0.1, -0.05) is 12.1 Å². The lowest BCUT2D eigenvalue weighted by molar-refractivity contribution is -0.134. The summed E-state index contributed by atoms with van der Waals surface area (Å²) in [7, 11) is 1.95. The number of amides is 1. The topological polar surface area (TPSA) is 53.4 Å². The molecule has 1 unspecified atom stereocenters. The van der Waals surface area contributed by atoms with E-state index in [0.717, 1.165) is 44.7 Å². The smallest absolute Gasteiger partial charge is 0.244 e. The van der Waals surface area contributed by atoms with Gasteiger partial charge in [0, 0.05) is 63.1 Å². The number of benzene rings is 1. The van der Waals surface area contributed by atoms with Gasteiger partial charge in [-0.3, -0.25) is 9.48 Å². The third-order valence-corrected chi connectivity index (χ3v) is 5.32. The molecule has 6 heteroatoms. The van der Waals surface area contributed by atoms with Crippen molar-refractivity contribution in [3.63, 3.8) is 0 Å². The van der Waals surface area contributed by atoms with E-state index < -0.39 is 0 Å². The number of anilines is 1. The number of aryl methyl sites for hydroxylation is 2. The first-order valence-electron chi connectivity index (χ1n) is 8.98. The number of nitrogens with zero attached hydrogens (tertiary/aromatic N) is 4. The zero-order valence-electron chi connectivity index (χ0n) is 14.9. The summed E-state index contributed by atoms with van der Waals surface area (Å²) in [6, 6.07) is 8.32. The van der Waals surface area contributed by atoms with Gasteiger partial charge in [0.1, 0.15) is 6.04 Å². The Morgan fingerprint density at radius 1 is 1.24 bits per heavy atom. The van der Waals surface area contributed by atoms with Crippen LogP contribution in [0.3, 0.4) is 0 Å². The molecular formula is C19H25N5O. The minimum absolute atomic E-state index is 0.179. The van der Waals surface area contributed by atoms with E-state index in [4.69, 9.17) is 0 Å². The fourth-order valence-electron chi connectivity index (χ4n) is 3.88. The number of hydrogen-bond acceptors (Lipinski definition) is 4. The molecule has 0 aliphatic carbocycles. The predicted molar refractivity (Wildman–Crippen MR) is 97.6 cm³/mol. The SMILES string of the molecule is Cc1cccc(N2CCN(C(=O)C3NCCc4c3cnn4C)CC2)c1. The van der Waals surface area contributed by atoms with Crippen LogP contribution in [0.25, 0.3) is 0 Å². The summed E-state index contributed by atoms with van der Waals surface area (Å²) in [5.74, 6) is 0.179. The largest absolute Gasteiger partial charge is 0.368 e. The lowest BCUT2D eigenvalue weighted by Crippen LogP contribution is -2.52. The van der Waals surface area contributed by atoms with Gasteiger partial charge in [-0.05, 0) is 24.6 Å². The van der Waals surface area contributed by atoms with Crippen LogP contribution in [0.1, 0.15) is 22.9 Å². The summed E-state index contributed by atoms with van der Waals surface area (Å²) in [5.41, 5.74) is 4.74. The van der Waals surface area contributed by atoms with Crippen LogP contribution in [-0.4, -0.2) is 53.3 Å². The van der Waals surface area contributed by atoms with E-state index in [1.165, 1.54) is 16.9 Å². The highest BCUT2D eigenvalue weighted by atomic mass is 16.2. The van der Waals surface area contributed by atoms with Crippen molar-refractivity contribution in [1.82, 2.24) is 20.0 Å². The first kappa shape index (κ1) is 16.1. The second-order valence-corrected chi connectivity index (χ2v) is 6.96. The average Bonchev–Trinajstić information content (AvgIpc) is 3.03. The van der Waals surface area contributed by atoms with Gasteiger partial charge in [0.25, 0.3) is 0 Å². The fraction of sp³-hybridized carbons (Fsp3) is 0.474. The summed E-state index contributed by atoms with van der Waals surface area (Å²) < 4.78 is 1.89. The van der Waals surface area contributed by atoms with Crippen molar-refractivity contribution in [2.45, 2.75) is 19.4 Å². The van der Waals surface area contributed by atoms with Gasteiger partial charge in [-0.15, -0.1) is 0 Å². The van der Waals surface area contributed by atoms with Crippen molar-refractivity contribution in [1.29, 1.82) is 0 Å². The van der Waals surface area contributed by atoms with E-state index in [0.29, 0.717) is 0 Å². The van der Waals surface area contributed by atoms with E-state index in [1.54, 1.807) is 0 Å². The summed E-state index contributed by atoms with van der Waals surface area (Å²) in [4.78, 5) is 17.4. The molecule has 1 atom stereocenters. The highest BCUT2D eigenvalue weighted by Crippen LogP contribution is 2.25. The van der Waals surface area contributed by atoms with Crippen LogP contribution in [0, 0.1) is 6.92 Å². The maximum atomic E-state index is 13.0. The number of carbonyl (C=O) groups is 1. The standard InChI is InChI=1S/C19H25N5O/c1-14-4-3-5-15(12-14)23-8-10-24(11-9-23)19(25)18-16-13-21-22(2)17(16)6-7-20-18/h3-5,12-13,18,20H,6-11H2,1-2H3. The molecule has 2 aliphatic heterocycles. The quantitative estimate of drug-likeness (QED) is 0.895. The third-order valence-electron chi connectivity index (χ3n) is 5.32. The number of fused-ring (bicyclic) bond motifs is 1. The molecule has 0 radical (unpaired) electrons. The molecule has 25 heavy (non-hydrogen) atoms. The molecule has 0 saturated carbocycles. The Kier molecular flexibility index (Phi) is 4.21. The van der Waals surface area contributed by atoms with E-state index in [9.17, 15) is 4.79 Å². The number of piperazine rings is 1. The molecule has 1 amide bonds. The zero-order chi connectivity index (χ0) is 17.4. The molecular weight excluding hydrogens is 314 g/mol. The fourth-order valence-corrected chi connectivity index (χ4v) is 3.88. The van der Waals surface area contributed by atoms with E-state index in [1.807, 2.05) is 22.8 Å². The maximum Gasteiger partial charge on any atom is 0.244 e. The van der Waals surface area contributed by atoms with E-state index >= 15 is 0 Å². The van der Waals surface area contributed by atoms with Crippen molar-refractivity contribution in [3.8, 4) is 0 Å². The monoisotopic (exact) mass is 339 g/mol. The Hall–Kier alpha value is -2.34. The van der Waals surface area contributed by atoms with Gasteiger partial charge in [-0.25, -0.2) is 0 Å². The van der Waals surface area contributed by atoms with Gasteiger partial charge in [-0.2, -0.15) is 5.10 Å². The van der Waals surface area contributed by atoms with Crippen LogP contribution in [-0.2, 0) is 18.3 Å². The molecule has 2 aliphatic rings. The van der Waals surface area contributed by atoms with Crippen molar-refractivity contribution in [3.05, 3.63) is 47.3 Å².